The van der Waals surface area contributed by atoms with Crippen molar-refractivity contribution in [1.82, 2.24) is 34.3 Å². The van der Waals surface area contributed by atoms with Crippen LogP contribution in [0.15, 0.2) is 43.0 Å². The zero-order chi connectivity index (χ0) is 33.3. The highest BCUT2D eigenvalue weighted by Crippen LogP contribution is 2.36. The number of nitrogens with zero attached hydrogens (tertiary/aromatic N) is 7. The highest BCUT2D eigenvalue weighted by atomic mass is 32.2. The standard InChI is InChI=1S/C34H48N8O3SSi/c1-23-7-10-31(25-8-9-26-20-41(38-28(26)15-25)30-11-12-39(3)22-46-24(30)2)40(19-23)34(44)33(43)37-29-18-35-16-27-17-36-42(32(27)29)21-45-13-14-47(4,5)6/h8-9,15-18,20,23-24,30-31H,7,10-14,19,21-22H2,1-6H3,(H,37,43)/t23-,24+,30?,31+/m0/s1. The number of carbonyl (C=O) groups excluding carboxylic acids is 2. The van der Waals surface area contributed by atoms with Gasteiger partial charge in [-0.05, 0) is 49.9 Å². The molecule has 4 aromatic rings. The van der Waals surface area contributed by atoms with E-state index in [-0.39, 0.29) is 18.7 Å². The minimum atomic E-state index is -1.23. The van der Waals surface area contributed by atoms with Crippen molar-refractivity contribution in [3.8, 4) is 0 Å². The van der Waals surface area contributed by atoms with E-state index in [1.54, 1.807) is 28.2 Å². The second-order valence-corrected chi connectivity index (χ2v) is 21.5. The maximum atomic E-state index is 13.9. The molecular weight excluding hydrogens is 629 g/mol. The lowest BCUT2D eigenvalue weighted by molar-refractivity contribution is -0.146. The van der Waals surface area contributed by atoms with Gasteiger partial charge in [-0.2, -0.15) is 10.2 Å². The molecular formula is C34H48N8O3SSi. The van der Waals surface area contributed by atoms with E-state index in [0.29, 0.717) is 35.6 Å². The van der Waals surface area contributed by atoms with Crippen LogP contribution in [0.2, 0.25) is 25.7 Å². The van der Waals surface area contributed by atoms with Crippen molar-refractivity contribution in [3.05, 3.63) is 48.5 Å². The predicted molar refractivity (Wildman–Crippen MR) is 191 cm³/mol. The molecule has 3 aromatic heterocycles. The molecule has 6 rings (SSSR count). The Morgan fingerprint density at radius 1 is 1.09 bits per heavy atom. The van der Waals surface area contributed by atoms with Crippen LogP contribution in [0.1, 0.15) is 50.8 Å². The molecule has 2 aliphatic rings. The van der Waals surface area contributed by atoms with Crippen molar-refractivity contribution in [3.63, 3.8) is 0 Å². The first-order chi connectivity index (χ1) is 22.5. The Morgan fingerprint density at radius 2 is 1.91 bits per heavy atom. The Balaban J connectivity index is 1.20. The molecule has 1 N–H and O–H groups in total. The number of anilines is 1. The minimum absolute atomic E-state index is 0.209. The Labute approximate surface area is 282 Å². The number of hydrogen-bond donors (Lipinski definition) is 1. The summed E-state index contributed by atoms with van der Waals surface area (Å²) in [6.07, 6.45) is 9.95. The Morgan fingerprint density at radius 3 is 2.72 bits per heavy atom. The predicted octanol–water partition coefficient (Wildman–Crippen LogP) is 5.99. The summed E-state index contributed by atoms with van der Waals surface area (Å²) in [5.41, 5.74) is 3.06. The van der Waals surface area contributed by atoms with Gasteiger partial charge in [0.15, 0.2) is 0 Å². The number of hydrogen-bond acceptors (Lipinski definition) is 8. The number of benzene rings is 1. The number of nitrogens with one attached hydrogen (secondary N) is 1. The van der Waals surface area contributed by atoms with Gasteiger partial charge in [-0.15, -0.1) is 11.8 Å². The third-order valence-corrected chi connectivity index (χ3v) is 12.6. The summed E-state index contributed by atoms with van der Waals surface area (Å²) in [6, 6.07) is 7.47. The monoisotopic (exact) mass is 676 g/mol. The second kappa shape index (κ2) is 14.1. The van der Waals surface area contributed by atoms with E-state index >= 15 is 0 Å². The summed E-state index contributed by atoms with van der Waals surface area (Å²) in [4.78, 5) is 35.9. The van der Waals surface area contributed by atoms with E-state index in [1.807, 2.05) is 11.8 Å². The number of piperidine rings is 1. The summed E-state index contributed by atoms with van der Waals surface area (Å²) in [5, 5.41) is 14.7. The number of carbonyl (C=O) groups is 2. The number of thioether (sulfide) groups is 1. The molecule has 13 heteroatoms. The fraction of sp³-hybridized carbons (Fsp3) is 0.559. The van der Waals surface area contributed by atoms with Crippen molar-refractivity contribution in [2.24, 2.45) is 5.92 Å². The molecule has 0 saturated carbocycles. The fourth-order valence-electron chi connectivity index (χ4n) is 6.58. The number of aromatic nitrogens is 5. The molecule has 0 radical (unpaired) electrons. The highest BCUT2D eigenvalue weighted by Gasteiger charge is 2.35. The van der Waals surface area contributed by atoms with Gasteiger partial charge < -0.3 is 15.0 Å². The maximum Gasteiger partial charge on any atom is 0.314 e. The summed E-state index contributed by atoms with van der Waals surface area (Å²) in [6.45, 7) is 13.8. The van der Waals surface area contributed by atoms with Crippen molar-refractivity contribution in [1.29, 1.82) is 0 Å². The van der Waals surface area contributed by atoms with Gasteiger partial charge in [-0.25, -0.2) is 4.68 Å². The van der Waals surface area contributed by atoms with Crippen molar-refractivity contribution in [2.45, 2.75) is 82.9 Å². The van der Waals surface area contributed by atoms with Crippen LogP contribution in [-0.2, 0) is 21.1 Å². The Hall–Kier alpha value is -3.26. The van der Waals surface area contributed by atoms with Crippen LogP contribution < -0.4 is 5.32 Å². The van der Waals surface area contributed by atoms with Gasteiger partial charge in [-0.3, -0.25) is 24.2 Å². The largest absolute Gasteiger partial charge is 0.360 e. The van der Waals surface area contributed by atoms with Gasteiger partial charge in [0, 0.05) is 62.1 Å². The number of fused-ring (bicyclic) bond motifs is 2. The quantitative estimate of drug-likeness (QED) is 0.138. The summed E-state index contributed by atoms with van der Waals surface area (Å²) < 4.78 is 9.79. The van der Waals surface area contributed by atoms with Crippen molar-refractivity contribution >= 4 is 59.1 Å². The number of pyridine rings is 1. The highest BCUT2D eigenvalue weighted by molar-refractivity contribution is 7.99. The van der Waals surface area contributed by atoms with E-state index in [4.69, 9.17) is 9.84 Å². The first-order valence-corrected chi connectivity index (χ1v) is 21.5. The first-order valence-electron chi connectivity index (χ1n) is 16.7. The molecule has 0 aliphatic carbocycles. The molecule has 4 atom stereocenters. The lowest BCUT2D eigenvalue weighted by Crippen LogP contribution is -2.46. The molecule has 5 heterocycles. The Bertz CT molecular complexity index is 1740. The van der Waals surface area contributed by atoms with Gasteiger partial charge in [0.05, 0.1) is 41.2 Å². The van der Waals surface area contributed by atoms with Crippen LogP contribution in [0, 0.1) is 5.92 Å². The van der Waals surface area contributed by atoms with Crippen LogP contribution >= 0.6 is 11.8 Å². The molecule has 1 aromatic carbocycles. The molecule has 2 fully saturated rings. The molecule has 0 spiro atoms. The van der Waals surface area contributed by atoms with Gasteiger partial charge in [0.2, 0.25) is 0 Å². The molecule has 1 unspecified atom stereocenters. The van der Waals surface area contributed by atoms with Crippen molar-refractivity contribution < 1.29 is 14.3 Å². The second-order valence-electron chi connectivity index (χ2n) is 14.6. The normalized spacial score (nSPS) is 22.9. The van der Waals surface area contributed by atoms with Crippen LogP contribution in [-0.4, -0.2) is 92.1 Å². The molecule has 0 bridgehead atoms. The SMILES string of the molecule is C[C@H]1CC[C@H](c2ccc3cn(C4CCN(C)CS[C@@H]4C)nc3c2)N(C(=O)C(=O)Nc2cncc3cnn(COCC[Si](C)(C)C)c23)C1. The lowest BCUT2D eigenvalue weighted by Gasteiger charge is -2.38. The number of rotatable bonds is 8. The third kappa shape index (κ3) is 7.74. The maximum absolute atomic E-state index is 13.9. The van der Waals surface area contributed by atoms with E-state index in [0.717, 1.165) is 59.6 Å². The zero-order valence-corrected chi connectivity index (χ0v) is 30.3. The summed E-state index contributed by atoms with van der Waals surface area (Å²) in [7, 11) is 0.944. The van der Waals surface area contributed by atoms with Gasteiger partial charge in [0.25, 0.3) is 0 Å². The third-order valence-electron chi connectivity index (χ3n) is 9.45. The molecule has 2 aliphatic heterocycles. The summed E-state index contributed by atoms with van der Waals surface area (Å²) in [5.74, 6) is 0.0945. The van der Waals surface area contributed by atoms with Crippen LogP contribution in [0.4, 0.5) is 5.69 Å². The van der Waals surface area contributed by atoms with Crippen LogP contribution in [0.25, 0.3) is 21.8 Å². The van der Waals surface area contributed by atoms with Gasteiger partial charge in [0.1, 0.15) is 6.73 Å². The zero-order valence-electron chi connectivity index (χ0n) is 28.5. The summed E-state index contributed by atoms with van der Waals surface area (Å²) >= 11 is 1.97. The minimum Gasteiger partial charge on any atom is -0.360 e. The van der Waals surface area contributed by atoms with E-state index < -0.39 is 19.9 Å². The van der Waals surface area contributed by atoms with Crippen LogP contribution in [0.3, 0.4) is 0 Å². The molecule has 2 saturated heterocycles. The number of amides is 2. The van der Waals surface area contributed by atoms with E-state index in [9.17, 15) is 9.59 Å². The molecule has 2 amide bonds. The van der Waals surface area contributed by atoms with Gasteiger partial charge >= 0.3 is 11.8 Å². The van der Waals surface area contributed by atoms with E-state index in [2.05, 4.69) is 89.9 Å². The number of likely N-dealkylation sites (tertiary alicyclic amines) is 1. The number of ether oxygens (including phenoxy) is 1. The molecule has 47 heavy (non-hydrogen) atoms. The smallest absolute Gasteiger partial charge is 0.314 e. The topological polar surface area (TPSA) is 110 Å². The lowest BCUT2D eigenvalue weighted by atomic mass is 9.89. The molecule has 252 valence electrons. The van der Waals surface area contributed by atoms with Gasteiger partial charge in [-0.1, -0.05) is 45.6 Å². The first kappa shape index (κ1) is 33.6. The average molecular weight is 677 g/mol. The van der Waals surface area contributed by atoms with Crippen LogP contribution in [0.5, 0.6) is 0 Å². The molecule has 11 nitrogen and oxygen atoms in total. The average Bonchev–Trinajstić information content (AvgIpc) is 3.61. The van der Waals surface area contributed by atoms with Crippen molar-refractivity contribution in [2.75, 3.05) is 37.9 Å². The van der Waals surface area contributed by atoms with E-state index in [1.165, 1.54) is 0 Å². The Kier molecular flexibility index (Phi) is 10.1. The fourth-order valence-corrected chi connectivity index (χ4v) is 8.43.